The number of ether oxygens (including phenoxy) is 1. The summed E-state index contributed by atoms with van der Waals surface area (Å²) in [4.78, 5) is 36.5. The van der Waals surface area contributed by atoms with Gasteiger partial charge in [-0.3, -0.25) is 24.6 Å². The van der Waals surface area contributed by atoms with Crippen LogP contribution in [0.25, 0.3) is 0 Å². The molecule has 0 unspecified atom stereocenters. The quantitative estimate of drug-likeness (QED) is 0.451. The van der Waals surface area contributed by atoms with Gasteiger partial charge in [-0.25, -0.2) is 8.42 Å². The molecule has 2 aromatic rings. The van der Waals surface area contributed by atoms with E-state index in [4.69, 9.17) is 4.74 Å². The third-order valence-corrected chi connectivity index (χ3v) is 7.26. The molecule has 0 radical (unpaired) electrons. The van der Waals surface area contributed by atoms with E-state index < -0.39 is 26.8 Å². The SMILES string of the molecule is CC(C)N(C)S(=O)(=O)c1ccc(CNC(=O)CN2C(=O)COc3ccc([N+](=O)[O-])cc32)cc1. The molecule has 1 heterocycles. The predicted octanol–water partition coefficient (Wildman–Crippen LogP) is 1.67. The number of nitro benzene ring substituents is 1. The van der Waals surface area contributed by atoms with Gasteiger partial charge in [-0.15, -0.1) is 0 Å². The lowest BCUT2D eigenvalue weighted by atomic mass is 10.2. The minimum Gasteiger partial charge on any atom is -0.482 e. The molecule has 1 aliphatic heterocycles. The number of benzene rings is 2. The van der Waals surface area contributed by atoms with Crippen molar-refractivity contribution in [3.05, 3.63) is 58.1 Å². The number of carbonyl (C=O) groups is 2. The van der Waals surface area contributed by atoms with Crippen LogP contribution in [-0.2, 0) is 26.2 Å². The molecule has 2 amide bonds. The molecule has 3 rings (SSSR count). The van der Waals surface area contributed by atoms with Crippen LogP contribution >= 0.6 is 0 Å². The number of anilines is 1. The molecule has 12 heteroatoms. The Morgan fingerprint density at radius 1 is 1.24 bits per heavy atom. The Morgan fingerprint density at radius 2 is 1.91 bits per heavy atom. The largest absolute Gasteiger partial charge is 0.482 e. The van der Waals surface area contributed by atoms with E-state index >= 15 is 0 Å². The molecule has 0 saturated carbocycles. The Kier molecular flexibility index (Phi) is 6.98. The van der Waals surface area contributed by atoms with Gasteiger partial charge < -0.3 is 10.1 Å². The number of sulfonamides is 1. The second-order valence-electron chi connectivity index (χ2n) is 7.71. The minimum atomic E-state index is -3.61. The molecule has 1 aliphatic rings. The van der Waals surface area contributed by atoms with Crippen LogP contribution in [0.5, 0.6) is 5.75 Å². The Bertz CT molecular complexity index is 1180. The van der Waals surface area contributed by atoms with Crippen LogP contribution in [0.3, 0.4) is 0 Å². The zero-order valence-corrected chi connectivity index (χ0v) is 19.2. The van der Waals surface area contributed by atoms with Gasteiger partial charge in [-0.1, -0.05) is 12.1 Å². The van der Waals surface area contributed by atoms with Crippen molar-refractivity contribution < 1.29 is 27.7 Å². The fourth-order valence-corrected chi connectivity index (χ4v) is 4.47. The van der Waals surface area contributed by atoms with Crippen molar-refractivity contribution in [2.45, 2.75) is 31.3 Å². The Balaban J connectivity index is 1.66. The molecule has 0 bridgehead atoms. The molecular weight excluding hydrogens is 452 g/mol. The highest BCUT2D eigenvalue weighted by atomic mass is 32.2. The number of rotatable bonds is 8. The van der Waals surface area contributed by atoms with Crippen LogP contribution in [-0.4, -0.2) is 55.7 Å². The third-order valence-electron chi connectivity index (χ3n) is 5.22. The number of fused-ring (bicyclic) bond motifs is 1. The van der Waals surface area contributed by atoms with Crippen molar-refractivity contribution in [1.82, 2.24) is 9.62 Å². The van der Waals surface area contributed by atoms with Gasteiger partial charge in [0.05, 0.1) is 15.5 Å². The molecule has 11 nitrogen and oxygen atoms in total. The van der Waals surface area contributed by atoms with Crippen molar-refractivity contribution in [2.24, 2.45) is 0 Å². The lowest BCUT2D eigenvalue weighted by molar-refractivity contribution is -0.384. The standard InChI is InChI=1S/C21H24N4O7S/c1-14(2)23(3)33(30,31)17-7-4-15(5-8-17)11-22-20(26)12-24-18-10-16(25(28)29)6-9-19(18)32-13-21(24)27/h4-10,14H,11-13H2,1-3H3,(H,22,26). The second kappa shape index (κ2) is 9.55. The molecular formula is C21H24N4O7S. The average molecular weight is 477 g/mol. The molecule has 0 aliphatic carbocycles. The van der Waals surface area contributed by atoms with Gasteiger partial charge in [0.25, 0.3) is 11.6 Å². The van der Waals surface area contributed by atoms with Gasteiger partial charge in [-0.2, -0.15) is 4.31 Å². The van der Waals surface area contributed by atoms with Crippen molar-refractivity contribution in [2.75, 3.05) is 25.1 Å². The predicted molar refractivity (Wildman–Crippen MR) is 119 cm³/mol. The highest BCUT2D eigenvalue weighted by Gasteiger charge is 2.29. The highest BCUT2D eigenvalue weighted by Crippen LogP contribution is 2.35. The molecule has 1 N–H and O–H groups in total. The molecule has 0 aromatic heterocycles. The lowest BCUT2D eigenvalue weighted by Crippen LogP contribution is -2.45. The lowest BCUT2D eigenvalue weighted by Gasteiger charge is -2.28. The van der Waals surface area contributed by atoms with Crippen LogP contribution in [0.15, 0.2) is 47.4 Å². The van der Waals surface area contributed by atoms with E-state index in [-0.39, 0.29) is 47.8 Å². The van der Waals surface area contributed by atoms with Crippen LogP contribution in [0.4, 0.5) is 11.4 Å². The van der Waals surface area contributed by atoms with Crippen molar-refractivity contribution >= 4 is 33.2 Å². The number of hydrogen-bond donors (Lipinski definition) is 1. The molecule has 2 aromatic carbocycles. The summed E-state index contributed by atoms with van der Waals surface area (Å²) in [6, 6.07) is 9.77. The second-order valence-corrected chi connectivity index (χ2v) is 9.71. The molecule has 176 valence electrons. The maximum atomic E-state index is 12.5. The van der Waals surface area contributed by atoms with Crippen LogP contribution in [0, 0.1) is 10.1 Å². The first-order valence-electron chi connectivity index (χ1n) is 10.1. The number of non-ortho nitro benzene ring substituents is 1. The number of carbonyl (C=O) groups excluding carboxylic acids is 2. The van der Waals surface area contributed by atoms with E-state index in [1.54, 1.807) is 26.0 Å². The fraction of sp³-hybridized carbons (Fsp3) is 0.333. The summed E-state index contributed by atoms with van der Waals surface area (Å²) in [5, 5.41) is 13.7. The first-order chi connectivity index (χ1) is 15.5. The van der Waals surface area contributed by atoms with Gasteiger partial charge >= 0.3 is 0 Å². The summed E-state index contributed by atoms with van der Waals surface area (Å²) < 4.78 is 31.6. The summed E-state index contributed by atoms with van der Waals surface area (Å²) in [6.45, 7) is 3.04. The summed E-state index contributed by atoms with van der Waals surface area (Å²) in [5.41, 5.74) is 0.592. The summed E-state index contributed by atoms with van der Waals surface area (Å²) in [5.74, 6) is -0.711. The highest BCUT2D eigenvalue weighted by molar-refractivity contribution is 7.89. The van der Waals surface area contributed by atoms with E-state index in [0.29, 0.717) is 5.56 Å². The van der Waals surface area contributed by atoms with E-state index in [1.807, 2.05) is 0 Å². The Hall–Kier alpha value is -3.51. The summed E-state index contributed by atoms with van der Waals surface area (Å²) >= 11 is 0. The number of nitro groups is 1. The number of hydrogen-bond acceptors (Lipinski definition) is 7. The van der Waals surface area contributed by atoms with Gasteiger partial charge in [0.15, 0.2) is 6.61 Å². The van der Waals surface area contributed by atoms with Crippen molar-refractivity contribution in [3.63, 3.8) is 0 Å². The van der Waals surface area contributed by atoms with Crippen LogP contribution in [0.2, 0.25) is 0 Å². The van der Waals surface area contributed by atoms with Gasteiger partial charge in [0.1, 0.15) is 12.3 Å². The van der Waals surface area contributed by atoms with Crippen LogP contribution in [0.1, 0.15) is 19.4 Å². The normalized spacial score (nSPS) is 13.6. The van der Waals surface area contributed by atoms with Gasteiger partial charge in [0, 0.05) is 31.8 Å². The van der Waals surface area contributed by atoms with E-state index in [0.717, 1.165) is 4.90 Å². The monoisotopic (exact) mass is 476 g/mol. The van der Waals surface area contributed by atoms with E-state index in [9.17, 15) is 28.1 Å². The molecule has 0 fully saturated rings. The number of amides is 2. The number of nitrogens with zero attached hydrogens (tertiary/aromatic N) is 3. The molecule has 33 heavy (non-hydrogen) atoms. The van der Waals surface area contributed by atoms with Crippen molar-refractivity contribution in [3.8, 4) is 5.75 Å². The third kappa shape index (κ3) is 5.29. The zero-order valence-electron chi connectivity index (χ0n) is 18.3. The maximum absolute atomic E-state index is 12.5. The summed E-state index contributed by atoms with van der Waals surface area (Å²) in [7, 11) is -2.10. The van der Waals surface area contributed by atoms with Gasteiger partial charge in [-0.05, 0) is 37.6 Å². The average Bonchev–Trinajstić information content (AvgIpc) is 2.78. The van der Waals surface area contributed by atoms with E-state index in [1.165, 1.54) is 41.7 Å². The molecule has 0 saturated heterocycles. The minimum absolute atomic E-state index is 0.111. The van der Waals surface area contributed by atoms with E-state index in [2.05, 4.69) is 5.32 Å². The topological polar surface area (TPSA) is 139 Å². The molecule has 0 spiro atoms. The zero-order chi connectivity index (χ0) is 24.3. The number of nitrogens with one attached hydrogen (secondary N) is 1. The summed E-state index contributed by atoms with van der Waals surface area (Å²) in [6.07, 6.45) is 0. The van der Waals surface area contributed by atoms with Crippen molar-refractivity contribution in [1.29, 1.82) is 0 Å². The first-order valence-corrected chi connectivity index (χ1v) is 11.5. The smallest absolute Gasteiger partial charge is 0.271 e. The maximum Gasteiger partial charge on any atom is 0.271 e. The fourth-order valence-electron chi connectivity index (χ4n) is 3.10. The van der Waals surface area contributed by atoms with Gasteiger partial charge in [0.2, 0.25) is 15.9 Å². The van der Waals surface area contributed by atoms with Crippen LogP contribution < -0.4 is 15.0 Å². The first kappa shape index (κ1) is 24.1. The Morgan fingerprint density at radius 3 is 2.52 bits per heavy atom. The molecule has 0 atom stereocenters. The Labute approximate surface area is 191 Å².